The lowest BCUT2D eigenvalue weighted by atomic mass is 10.1. The van der Waals surface area contributed by atoms with E-state index in [2.05, 4.69) is 4.74 Å². The average Bonchev–Trinajstić information content (AvgIpc) is 2.23. The lowest BCUT2D eigenvalue weighted by Crippen LogP contribution is -2.34. The third-order valence-corrected chi connectivity index (χ3v) is 3.66. The van der Waals surface area contributed by atoms with E-state index >= 15 is 0 Å². The van der Waals surface area contributed by atoms with Crippen molar-refractivity contribution in [1.29, 1.82) is 0 Å². The van der Waals surface area contributed by atoms with Crippen molar-refractivity contribution in [2.24, 2.45) is 11.7 Å². The number of sulfone groups is 1. The Bertz CT molecular complexity index is 284. The summed E-state index contributed by atoms with van der Waals surface area (Å²) in [5.74, 6) is -1.52. The number of esters is 1. The number of ether oxygens (including phenoxy) is 1. The molecular weight excluding hydrogens is 182 g/mol. The summed E-state index contributed by atoms with van der Waals surface area (Å²) >= 11 is 0. The number of carbonyl (C=O) groups is 1. The lowest BCUT2D eigenvalue weighted by molar-refractivity contribution is -0.144. The fourth-order valence-electron chi connectivity index (χ4n) is 1.27. The van der Waals surface area contributed by atoms with Crippen molar-refractivity contribution in [3.63, 3.8) is 0 Å². The van der Waals surface area contributed by atoms with Crippen LogP contribution in [0.2, 0.25) is 0 Å². The molecule has 0 spiro atoms. The first kappa shape index (κ1) is 9.47. The van der Waals surface area contributed by atoms with Crippen LogP contribution < -0.4 is 5.73 Å². The predicted molar refractivity (Wildman–Crippen MR) is 42.1 cm³/mol. The second-order valence-electron chi connectivity index (χ2n) is 2.87. The minimum absolute atomic E-state index is 0.118. The highest BCUT2D eigenvalue weighted by atomic mass is 32.2. The normalized spacial score (nSPS) is 33.2. The zero-order chi connectivity index (χ0) is 9.35. The van der Waals surface area contributed by atoms with Gasteiger partial charge in [0.15, 0.2) is 9.84 Å². The van der Waals surface area contributed by atoms with Gasteiger partial charge in [0, 0.05) is 6.04 Å². The first-order valence-electron chi connectivity index (χ1n) is 3.50. The summed E-state index contributed by atoms with van der Waals surface area (Å²) in [6.07, 6.45) is 0. The molecule has 1 heterocycles. The van der Waals surface area contributed by atoms with Gasteiger partial charge in [-0.05, 0) is 0 Å². The molecule has 0 aromatic heterocycles. The van der Waals surface area contributed by atoms with Crippen LogP contribution in [-0.2, 0) is 19.4 Å². The smallest absolute Gasteiger partial charge is 0.311 e. The molecule has 0 aromatic carbocycles. The van der Waals surface area contributed by atoms with Crippen LogP contribution in [0.3, 0.4) is 0 Å². The van der Waals surface area contributed by atoms with Crippen LogP contribution in [0.25, 0.3) is 0 Å². The fourth-order valence-corrected chi connectivity index (χ4v) is 3.15. The van der Waals surface area contributed by atoms with Crippen LogP contribution in [0, 0.1) is 5.92 Å². The molecule has 1 aliphatic heterocycles. The molecule has 0 radical (unpaired) electrons. The summed E-state index contributed by atoms with van der Waals surface area (Å²) in [5, 5.41) is 0. The lowest BCUT2D eigenvalue weighted by Gasteiger charge is -2.09. The Labute approximate surface area is 70.8 Å². The van der Waals surface area contributed by atoms with E-state index in [4.69, 9.17) is 5.73 Å². The molecule has 0 saturated carbocycles. The molecule has 1 fully saturated rings. The summed E-state index contributed by atoms with van der Waals surface area (Å²) in [6, 6.07) is -0.609. The summed E-state index contributed by atoms with van der Waals surface area (Å²) < 4.78 is 26.4. The molecule has 12 heavy (non-hydrogen) atoms. The number of hydrogen-bond acceptors (Lipinski definition) is 5. The minimum Gasteiger partial charge on any atom is -0.469 e. The van der Waals surface area contributed by atoms with E-state index in [1.807, 2.05) is 0 Å². The maximum atomic E-state index is 11.0. The highest BCUT2D eigenvalue weighted by molar-refractivity contribution is 7.91. The van der Waals surface area contributed by atoms with Gasteiger partial charge in [-0.25, -0.2) is 8.42 Å². The van der Waals surface area contributed by atoms with Crippen LogP contribution in [0.15, 0.2) is 0 Å². The Balaban J connectivity index is 2.77. The SMILES string of the molecule is COC(=O)C1CS(=O)(=O)CC1N. The van der Waals surface area contributed by atoms with Crippen molar-refractivity contribution in [3.8, 4) is 0 Å². The first-order valence-corrected chi connectivity index (χ1v) is 5.32. The quantitative estimate of drug-likeness (QED) is 0.514. The molecule has 2 unspecified atom stereocenters. The van der Waals surface area contributed by atoms with Crippen molar-refractivity contribution in [2.75, 3.05) is 18.6 Å². The maximum absolute atomic E-state index is 11.0. The highest BCUT2D eigenvalue weighted by Crippen LogP contribution is 2.18. The third kappa shape index (κ3) is 1.75. The molecule has 1 saturated heterocycles. The largest absolute Gasteiger partial charge is 0.469 e. The molecule has 5 nitrogen and oxygen atoms in total. The molecule has 0 amide bonds. The van der Waals surface area contributed by atoms with Crippen LogP contribution >= 0.6 is 0 Å². The Morgan fingerprint density at radius 1 is 1.50 bits per heavy atom. The second kappa shape index (κ2) is 3.02. The van der Waals surface area contributed by atoms with Gasteiger partial charge in [0.25, 0.3) is 0 Å². The monoisotopic (exact) mass is 193 g/mol. The van der Waals surface area contributed by atoms with Gasteiger partial charge in [0.2, 0.25) is 0 Å². The summed E-state index contributed by atoms with van der Waals surface area (Å²) in [5.41, 5.74) is 5.45. The number of methoxy groups -OCH3 is 1. The molecule has 70 valence electrons. The van der Waals surface area contributed by atoms with Crippen molar-refractivity contribution in [1.82, 2.24) is 0 Å². The second-order valence-corrected chi connectivity index (χ2v) is 5.02. The average molecular weight is 193 g/mol. The van der Waals surface area contributed by atoms with E-state index in [-0.39, 0.29) is 11.5 Å². The van der Waals surface area contributed by atoms with Crippen LogP contribution in [0.5, 0.6) is 0 Å². The van der Waals surface area contributed by atoms with Gasteiger partial charge >= 0.3 is 5.97 Å². The third-order valence-electron chi connectivity index (χ3n) is 1.90. The number of hydrogen-bond donors (Lipinski definition) is 1. The zero-order valence-corrected chi connectivity index (χ0v) is 7.50. The van der Waals surface area contributed by atoms with Gasteiger partial charge in [-0.2, -0.15) is 0 Å². The summed E-state index contributed by atoms with van der Waals surface area (Å²) in [4.78, 5) is 10.9. The van der Waals surface area contributed by atoms with Crippen LogP contribution in [-0.4, -0.2) is 39.0 Å². The van der Waals surface area contributed by atoms with E-state index < -0.39 is 27.8 Å². The molecular formula is C6H11NO4S. The van der Waals surface area contributed by atoms with Gasteiger partial charge in [0.1, 0.15) is 0 Å². The molecule has 6 heteroatoms. The number of nitrogens with two attached hydrogens (primary N) is 1. The Morgan fingerprint density at radius 3 is 2.42 bits per heavy atom. The molecule has 2 atom stereocenters. The number of rotatable bonds is 1. The molecule has 1 rings (SSSR count). The molecule has 0 aromatic rings. The van der Waals surface area contributed by atoms with Gasteiger partial charge in [0.05, 0.1) is 24.5 Å². The topological polar surface area (TPSA) is 86.5 Å². The van der Waals surface area contributed by atoms with E-state index in [0.29, 0.717) is 0 Å². The molecule has 0 aliphatic carbocycles. The molecule has 1 aliphatic rings. The Hall–Kier alpha value is -0.620. The van der Waals surface area contributed by atoms with E-state index in [0.717, 1.165) is 0 Å². The standard InChI is InChI=1S/C6H11NO4S/c1-11-6(8)4-2-12(9,10)3-5(4)7/h4-5H,2-3,7H2,1H3. The molecule has 0 bridgehead atoms. The van der Waals surface area contributed by atoms with E-state index in [1.54, 1.807) is 0 Å². The highest BCUT2D eigenvalue weighted by Gasteiger charge is 2.40. The van der Waals surface area contributed by atoms with Crippen molar-refractivity contribution in [3.05, 3.63) is 0 Å². The van der Waals surface area contributed by atoms with Crippen molar-refractivity contribution in [2.45, 2.75) is 6.04 Å². The Morgan fingerprint density at radius 2 is 2.08 bits per heavy atom. The zero-order valence-electron chi connectivity index (χ0n) is 6.69. The summed E-state index contributed by atoms with van der Waals surface area (Å²) in [7, 11) is -1.90. The van der Waals surface area contributed by atoms with E-state index in [9.17, 15) is 13.2 Å². The predicted octanol–water partition coefficient (Wildman–Crippen LogP) is -1.47. The minimum atomic E-state index is -3.13. The molecule has 2 N–H and O–H groups in total. The van der Waals surface area contributed by atoms with Gasteiger partial charge in [-0.15, -0.1) is 0 Å². The number of carbonyl (C=O) groups excluding carboxylic acids is 1. The maximum Gasteiger partial charge on any atom is 0.311 e. The summed E-state index contributed by atoms with van der Waals surface area (Å²) in [6.45, 7) is 0. The van der Waals surface area contributed by atoms with Crippen LogP contribution in [0.1, 0.15) is 0 Å². The Kier molecular flexibility index (Phi) is 2.39. The van der Waals surface area contributed by atoms with Gasteiger partial charge in [-0.3, -0.25) is 4.79 Å². The van der Waals surface area contributed by atoms with Gasteiger partial charge in [-0.1, -0.05) is 0 Å². The van der Waals surface area contributed by atoms with Gasteiger partial charge < -0.3 is 10.5 Å². The van der Waals surface area contributed by atoms with Crippen LogP contribution in [0.4, 0.5) is 0 Å². The van der Waals surface area contributed by atoms with E-state index in [1.165, 1.54) is 7.11 Å². The van der Waals surface area contributed by atoms with Crippen molar-refractivity contribution < 1.29 is 17.9 Å². The fraction of sp³-hybridized carbons (Fsp3) is 0.833. The first-order chi connectivity index (χ1) is 5.46. The van der Waals surface area contributed by atoms with Crippen molar-refractivity contribution >= 4 is 15.8 Å².